The lowest BCUT2D eigenvalue weighted by molar-refractivity contribution is -0.132. The Bertz CT molecular complexity index is 534. The number of amides is 1. The van der Waals surface area contributed by atoms with E-state index < -0.39 is 6.10 Å². The first-order valence-corrected chi connectivity index (χ1v) is 7.67. The summed E-state index contributed by atoms with van der Waals surface area (Å²) in [5.74, 6) is -0.123. The first-order valence-electron chi connectivity index (χ1n) is 7.29. The van der Waals surface area contributed by atoms with Crippen molar-refractivity contribution in [1.29, 1.82) is 0 Å². The van der Waals surface area contributed by atoms with Crippen molar-refractivity contribution in [2.45, 2.75) is 25.0 Å². The molecule has 5 nitrogen and oxygen atoms in total. The van der Waals surface area contributed by atoms with Gasteiger partial charge in [-0.15, -0.1) is 0 Å². The van der Waals surface area contributed by atoms with E-state index in [0.29, 0.717) is 24.2 Å². The van der Waals surface area contributed by atoms with Gasteiger partial charge in [-0.05, 0) is 38.1 Å². The number of nitrogens with zero attached hydrogens (tertiary/aromatic N) is 1. The first kappa shape index (κ1) is 14.6. The third-order valence-corrected chi connectivity index (χ3v) is 3.97. The molecule has 1 saturated carbocycles. The van der Waals surface area contributed by atoms with Crippen LogP contribution in [0.4, 0.5) is 11.4 Å². The largest absolute Gasteiger partial charge is 0.381 e. The molecule has 1 heterocycles. The lowest BCUT2D eigenvalue weighted by atomic mass is 10.2. The summed E-state index contributed by atoms with van der Waals surface area (Å²) in [4.78, 5) is 14.4. The van der Waals surface area contributed by atoms with Crippen molar-refractivity contribution in [3.63, 3.8) is 0 Å². The van der Waals surface area contributed by atoms with Crippen LogP contribution in [0.2, 0.25) is 5.02 Å². The molecule has 1 amide bonds. The van der Waals surface area contributed by atoms with Gasteiger partial charge in [0.05, 0.1) is 18.0 Å². The maximum absolute atomic E-state index is 12.3. The van der Waals surface area contributed by atoms with Crippen molar-refractivity contribution in [3.05, 3.63) is 23.2 Å². The maximum Gasteiger partial charge on any atom is 0.254 e. The van der Waals surface area contributed by atoms with Crippen LogP contribution in [0.15, 0.2) is 18.2 Å². The van der Waals surface area contributed by atoms with Crippen molar-refractivity contribution in [2.24, 2.45) is 0 Å². The Morgan fingerprint density at radius 1 is 1.38 bits per heavy atom. The number of hydrogen-bond donors (Lipinski definition) is 2. The van der Waals surface area contributed by atoms with Gasteiger partial charge in [0.15, 0.2) is 0 Å². The second-order valence-electron chi connectivity index (χ2n) is 5.72. The topological polar surface area (TPSA) is 53.6 Å². The highest BCUT2D eigenvalue weighted by Crippen LogP contribution is 2.31. The molecular formula is C15H20ClN3O2. The van der Waals surface area contributed by atoms with Gasteiger partial charge in [0, 0.05) is 24.2 Å². The van der Waals surface area contributed by atoms with E-state index in [0.717, 1.165) is 17.9 Å². The predicted molar refractivity (Wildman–Crippen MR) is 84.0 cm³/mol. The highest BCUT2D eigenvalue weighted by atomic mass is 35.5. The lowest BCUT2D eigenvalue weighted by Crippen LogP contribution is -2.46. The smallest absolute Gasteiger partial charge is 0.254 e. The Hall–Kier alpha value is -1.30. The average Bonchev–Trinajstić information content (AvgIpc) is 3.26. The fourth-order valence-corrected chi connectivity index (χ4v) is 2.52. The van der Waals surface area contributed by atoms with E-state index in [1.54, 1.807) is 6.07 Å². The number of carbonyl (C=O) groups excluding carboxylic acids is 1. The normalized spacial score (nSPS) is 22.9. The van der Waals surface area contributed by atoms with Gasteiger partial charge < -0.3 is 20.3 Å². The van der Waals surface area contributed by atoms with E-state index in [1.807, 2.05) is 19.2 Å². The first-order chi connectivity index (χ1) is 10.1. The van der Waals surface area contributed by atoms with Gasteiger partial charge in [-0.3, -0.25) is 4.79 Å². The Labute approximate surface area is 129 Å². The fraction of sp³-hybridized carbons (Fsp3) is 0.533. The van der Waals surface area contributed by atoms with E-state index in [4.69, 9.17) is 16.3 Å². The minimum atomic E-state index is -0.434. The van der Waals surface area contributed by atoms with E-state index in [1.165, 1.54) is 12.8 Å². The summed E-state index contributed by atoms with van der Waals surface area (Å²) >= 11 is 6.04. The van der Waals surface area contributed by atoms with E-state index >= 15 is 0 Å². The van der Waals surface area contributed by atoms with Gasteiger partial charge in [0.2, 0.25) is 0 Å². The van der Waals surface area contributed by atoms with Crippen molar-refractivity contribution < 1.29 is 9.53 Å². The van der Waals surface area contributed by atoms with Crippen LogP contribution in [0.25, 0.3) is 0 Å². The predicted octanol–water partition coefficient (Wildman–Crippen LogP) is 2.18. The van der Waals surface area contributed by atoms with Crippen LogP contribution in [0.5, 0.6) is 0 Å². The summed E-state index contributed by atoms with van der Waals surface area (Å²) in [6, 6.07) is 6.02. The van der Waals surface area contributed by atoms with Gasteiger partial charge in [0.25, 0.3) is 5.91 Å². The average molecular weight is 310 g/mol. The second kappa shape index (κ2) is 6.22. The summed E-state index contributed by atoms with van der Waals surface area (Å²) < 4.78 is 5.54. The molecule has 1 aromatic rings. The van der Waals surface area contributed by atoms with Gasteiger partial charge in [-0.25, -0.2) is 0 Å². The molecule has 0 radical (unpaired) electrons. The molecule has 1 aliphatic heterocycles. The second-order valence-corrected chi connectivity index (χ2v) is 6.16. The van der Waals surface area contributed by atoms with Crippen LogP contribution in [-0.4, -0.2) is 49.7 Å². The quantitative estimate of drug-likeness (QED) is 0.895. The maximum atomic E-state index is 12.3. The molecular weight excluding hydrogens is 290 g/mol. The molecule has 1 saturated heterocycles. The highest BCUT2D eigenvalue weighted by Gasteiger charge is 2.26. The van der Waals surface area contributed by atoms with Crippen molar-refractivity contribution >= 4 is 28.9 Å². The van der Waals surface area contributed by atoms with Gasteiger partial charge in [-0.1, -0.05) is 11.6 Å². The third-order valence-electron chi connectivity index (χ3n) is 3.74. The standard InChI is InChI=1S/C15H20ClN3O2/c1-19-6-7-21-14(9-19)15(20)18-13-8-10(16)2-5-12(13)17-11-3-4-11/h2,5,8,11,14,17H,3-4,6-7,9H2,1H3,(H,18,20). The summed E-state index contributed by atoms with van der Waals surface area (Å²) in [5.41, 5.74) is 1.63. The molecule has 1 aliphatic carbocycles. The molecule has 0 aromatic heterocycles. The number of halogens is 1. The van der Waals surface area contributed by atoms with Crippen LogP contribution in [0, 0.1) is 0 Å². The lowest BCUT2D eigenvalue weighted by Gasteiger charge is -2.29. The number of benzene rings is 1. The van der Waals surface area contributed by atoms with Crippen LogP contribution >= 0.6 is 11.6 Å². The number of ether oxygens (including phenoxy) is 1. The molecule has 3 rings (SSSR count). The number of rotatable bonds is 4. The number of anilines is 2. The van der Waals surface area contributed by atoms with E-state index in [2.05, 4.69) is 15.5 Å². The molecule has 21 heavy (non-hydrogen) atoms. The summed E-state index contributed by atoms with van der Waals surface area (Å²) in [5, 5.41) is 6.95. The number of carbonyl (C=O) groups is 1. The molecule has 1 aromatic carbocycles. The third kappa shape index (κ3) is 3.87. The zero-order valence-electron chi connectivity index (χ0n) is 12.1. The fourth-order valence-electron chi connectivity index (χ4n) is 2.34. The molecule has 2 aliphatic rings. The summed E-state index contributed by atoms with van der Waals surface area (Å²) in [6.07, 6.45) is 1.91. The van der Waals surface area contributed by atoms with Crippen LogP contribution < -0.4 is 10.6 Å². The molecule has 1 atom stereocenters. The van der Waals surface area contributed by atoms with Crippen LogP contribution in [-0.2, 0) is 9.53 Å². The molecule has 2 fully saturated rings. The number of morpholine rings is 1. The Kier molecular flexibility index (Phi) is 4.33. The molecule has 6 heteroatoms. The molecule has 0 spiro atoms. The van der Waals surface area contributed by atoms with Gasteiger partial charge in [0.1, 0.15) is 6.10 Å². The Morgan fingerprint density at radius 2 is 2.19 bits per heavy atom. The minimum absolute atomic E-state index is 0.123. The van der Waals surface area contributed by atoms with Crippen LogP contribution in [0.3, 0.4) is 0 Å². The SMILES string of the molecule is CN1CCOC(C(=O)Nc2cc(Cl)ccc2NC2CC2)C1. The number of likely N-dealkylation sites (N-methyl/N-ethyl adjacent to an activating group) is 1. The summed E-state index contributed by atoms with van der Waals surface area (Å²) in [6.45, 7) is 2.05. The van der Waals surface area contributed by atoms with Crippen molar-refractivity contribution in [1.82, 2.24) is 4.90 Å². The van der Waals surface area contributed by atoms with Crippen LogP contribution in [0.1, 0.15) is 12.8 Å². The molecule has 0 bridgehead atoms. The molecule has 2 N–H and O–H groups in total. The van der Waals surface area contributed by atoms with E-state index in [-0.39, 0.29) is 5.91 Å². The van der Waals surface area contributed by atoms with Crippen molar-refractivity contribution in [3.8, 4) is 0 Å². The molecule has 114 valence electrons. The van der Waals surface area contributed by atoms with Crippen molar-refractivity contribution in [2.75, 3.05) is 37.4 Å². The Morgan fingerprint density at radius 3 is 2.90 bits per heavy atom. The van der Waals surface area contributed by atoms with Gasteiger partial charge >= 0.3 is 0 Å². The minimum Gasteiger partial charge on any atom is -0.381 e. The molecule has 1 unspecified atom stereocenters. The monoisotopic (exact) mass is 309 g/mol. The van der Waals surface area contributed by atoms with E-state index in [9.17, 15) is 4.79 Å². The zero-order chi connectivity index (χ0) is 14.8. The summed E-state index contributed by atoms with van der Waals surface area (Å²) in [7, 11) is 1.99. The number of hydrogen-bond acceptors (Lipinski definition) is 4. The Balaban J connectivity index is 1.70. The highest BCUT2D eigenvalue weighted by molar-refractivity contribution is 6.31. The van der Waals surface area contributed by atoms with Gasteiger partial charge in [-0.2, -0.15) is 0 Å². The zero-order valence-corrected chi connectivity index (χ0v) is 12.8. The number of nitrogens with one attached hydrogen (secondary N) is 2.